The minimum absolute atomic E-state index is 0.270. The van der Waals surface area contributed by atoms with E-state index in [0.29, 0.717) is 16.3 Å². The third-order valence-corrected chi connectivity index (χ3v) is 3.96. The molecule has 0 heterocycles. The number of carbonyl (C=O) groups excluding carboxylic acids is 1. The lowest BCUT2D eigenvalue weighted by molar-refractivity contribution is 0.102. The molecule has 0 spiro atoms. The highest BCUT2D eigenvalue weighted by Gasteiger charge is 2.13. The molecule has 0 aliphatic heterocycles. The minimum atomic E-state index is -0.367. The average molecular weight is 394 g/mol. The molecule has 0 aliphatic rings. The summed E-state index contributed by atoms with van der Waals surface area (Å²) >= 11 is 21.1. The zero-order valence-electron chi connectivity index (χ0n) is 9.88. The monoisotopic (exact) mass is 392 g/mol. The maximum Gasteiger partial charge on any atom is 0.257 e. The fraction of sp³-hybridized carbons (Fsp3) is 0. The van der Waals surface area contributed by atoms with Crippen LogP contribution in [0.3, 0.4) is 0 Å². The molecule has 0 saturated carbocycles. The van der Waals surface area contributed by atoms with Crippen LogP contribution < -0.4 is 11.1 Å². The fourth-order valence-corrected chi connectivity index (χ4v) is 2.58. The fourth-order valence-electron chi connectivity index (χ4n) is 1.53. The van der Waals surface area contributed by atoms with Gasteiger partial charge in [-0.25, -0.2) is 0 Å². The summed E-state index contributed by atoms with van der Waals surface area (Å²) in [5, 5.41) is 3.56. The molecule has 0 atom stereocenters. The molecule has 0 bridgehead atoms. The van der Waals surface area contributed by atoms with E-state index in [0.717, 1.165) is 4.47 Å². The van der Waals surface area contributed by atoms with Crippen molar-refractivity contribution < 1.29 is 4.79 Å². The van der Waals surface area contributed by atoms with Gasteiger partial charge >= 0.3 is 0 Å². The van der Waals surface area contributed by atoms with Crippen molar-refractivity contribution in [1.82, 2.24) is 0 Å². The Hall–Kier alpha value is -0.940. The first kappa shape index (κ1) is 15.4. The summed E-state index contributed by atoms with van der Waals surface area (Å²) in [6.07, 6.45) is 0. The summed E-state index contributed by atoms with van der Waals surface area (Å²) in [6.45, 7) is 0. The van der Waals surface area contributed by atoms with Crippen molar-refractivity contribution >= 4 is 68.0 Å². The van der Waals surface area contributed by atoms with E-state index in [-0.39, 0.29) is 21.6 Å². The predicted molar refractivity (Wildman–Crippen MR) is 88.0 cm³/mol. The van der Waals surface area contributed by atoms with Gasteiger partial charge in [-0.1, -0.05) is 50.7 Å². The van der Waals surface area contributed by atoms with Crippen molar-refractivity contribution in [2.45, 2.75) is 0 Å². The third-order valence-electron chi connectivity index (χ3n) is 2.51. The summed E-state index contributed by atoms with van der Waals surface area (Å²) < 4.78 is 0.750. The van der Waals surface area contributed by atoms with Crippen LogP contribution in [-0.4, -0.2) is 5.91 Å². The number of carbonyl (C=O) groups is 1. The molecule has 0 aromatic heterocycles. The number of amides is 1. The van der Waals surface area contributed by atoms with Gasteiger partial charge in [0.15, 0.2) is 0 Å². The summed E-state index contributed by atoms with van der Waals surface area (Å²) in [5.41, 5.74) is 6.68. The van der Waals surface area contributed by atoms with Crippen LogP contribution in [0.15, 0.2) is 34.8 Å². The lowest BCUT2D eigenvalue weighted by Crippen LogP contribution is -2.12. The van der Waals surface area contributed by atoms with Crippen molar-refractivity contribution in [3.05, 3.63) is 55.4 Å². The van der Waals surface area contributed by atoms with E-state index >= 15 is 0 Å². The Morgan fingerprint density at radius 1 is 1.05 bits per heavy atom. The lowest BCUT2D eigenvalue weighted by atomic mass is 10.2. The molecular weight excluding hydrogens is 386 g/mol. The maximum absolute atomic E-state index is 12.2. The average Bonchev–Trinajstić information content (AvgIpc) is 2.38. The summed E-state index contributed by atoms with van der Waals surface area (Å²) in [4.78, 5) is 12.2. The van der Waals surface area contributed by atoms with Crippen LogP contribution in [0.2, 0.25) is 15.1 Å². The Morgan fingerprint density at radius 3 is 2.25 bits per heavy atom. The van der Waals surface area contributed by atoms with Gasteiger partial charge in [0.1, 0.15) is 0 Å². The SMILES string of the molecule is Nc1c(Cl)cc(NC(=O)c2cc(Br)ccc2Cl)cc1Cl. The van der Waals surface area contributed by atoms with Crippen LogP contribution in [0.25, 0.3) is 0 Å². The van der Waals surface area contributed by atoms with Crippen molar-refractivity contribution in [1.29, 1.82) is 0 Å². The van der Waals surface area contributed by atoms with Crippen molar-refractivity contribution in [3.63, 3.8) is 0 Å². The predicted octanol–water partition coefficient (Wildman–Crippen LogP) is 5.24. The molecule has 20 heavy (non-hydrogen) atoms. The Morgan fingerprint density at radius 2 is 1.65 bits per heavy atom. The first-order valence-corrected chi connectivity index (χ1v) is 7.32. The largest absolute Gasteiger partial charge is 0.396 e. The number of anilines is 2. The Balaban J connectivity index is 2.30. The van der Waals surface area contributed by atoms with E-state index in [1.54, 1.807) is 18.2 Å². The van der Waals surface area contributed by atoms with Crippen molar-refractivity contribution in [2.75, 3.05) is 11.1 Å². The molecule has 2 rings (SSSR count). The van der Waals surface area contributed by atoms with E-state index < -0.39 is 0 Å². The lowest BCUT2D eigenvalue weighted by Gasteiger charge is -2.09. The van der Waals surface area contributed by atoms with Gasteiger partial charge in [-0.2, -0.15) is 0 Å². The second-order valence-electron chi connectivity index (χ2n) is 3.93. The Kier molecular flexibility index (Phi) is 4.81. The maximum atomic E-state index is 12.2. The van der Waals surface area contributed by atoms with Gasteiger partial charge in [0.2, 0.25) is 0 Å². The number of halogens is 4. The third kappa shape index (κ3) is 3.38. The van der Waals surface area contributed by atoms with Crippen LogP contribution in [0.4, 0.5) is 11.4 Å². The standard InChI is InChI=1S/C13H8BrCl3N2O/c14-6-1-2-9(15)8(3-6)13(20)19-7-4-10(16)12(18)11(17)5-7/h1-5H,18H2,(H,19,20). The molecule has 104 valence electrons. The number of nitrogen functional groups attached to an aromatic ring is 1. The first-order chi connectivity index (χ1) is 9.38. The first-order valence-electron chi connectivity index (χ1n) is 5.39. The molecule has 2 aromatic rings. The summed E-state index contributed by atoms with van der Waals surface area (Å²) in [7, 11) is 0. The number of benzene rings is 2. The van der Waals surface area contributed by atoms with Gasteiger partial charge in [0, 0.05) is 10.2 Å². The quantitative estimate of drug-likeness (QED) is 0.684. The van der Waals surface area contributed by atoms with E-state index in [1.807, 2.05) is 0 Å². The van der Waals surface area contributed by atoms with Crippen LogP contribution in [-0.2, 0) is 0 Å². The molecule has 0 radical (unpaired) electrons. The Labute approximate surface area is 139 Å². The minimum Gasteiger partial charge on any atom is -0.396 e. The van der Waals surface area contributed by atoms with Crippen molar-refractivity contribution in [3.8, 4) is 0 Å². The molecule has 3 nitrogen and oxygen atoms in total. The molecule has 3 N–H and O–H groups in total. The van der Waals surface area contributed by atoms with Crippen LogP contribution in [0, 0.1) is 0 Å². The van der Waals surface area contributed by atoms with E-state index in [9.17, 15) is 4.79 Å². The zero-order valence-corrected chi connectivity index (χ0v) is 13.7. The zero-order chi connectivity index (χ0) is 14.9. The molecule has 0 fully saturated rings. The molecular formula is C13H8BrCl3N2O. The van der Waals surface area contributed by atoms with Crippen LogP contribution in [0.5, 0.6) is 0 Å². The van der Waals surface area contributed by atoms with Crippen LogP contribution >= 0.6 is 50.7 Å². The summed E-state index contributed by atoms with van der Waals surface area (Å²) in [6, 6.07) is 8.04. The van der Waals surface area contributed by atoms with Gasteiger partial charge < -0.3 is 11.1 Å². The van der Waals surface area contributed by atoms with Crippen LogP contribution in [0.1, 0.15) is 10.4 Å². The normalized spacial score (nSPS) is 10.4. The summed E-state index contributed by atoms with van der Waals surface area (Å²) in [5.74, 6) is -0.367. The second kappa shape index (κ2) is 6.22. The van der Waals surface area contributed by atoms with Gasteiger partial charge in [-0.15, -0.1) is 0 Å². The van der Waals surface area contributed by atoms with Crippen molar-refractivity contribution in [2.24, 2.45) is 0 Å². The van der Waals surface area contributed by atoms with Gasteiger partial charge in [-0.05, 0) is 30.3 Å². The van der Waals surface area contributed by atoms with E-state index in [1.165, 1.54) is 12.1 Å². The topological polar surface area (TPSA) is 55.1 Å². The second-order valence-corrected chi connectivity index (χ2v) is 6.07. The van der Waals surface area contributed by atoms with E-state index in [4.69, 9.17) is 40.5 Å². The van der Waals surface area contributed by atoms with Gasteiger partial charge in [0.05, 0.1) is 26.3 Å². The Bertz CT molecular complexity index is 668. The highest BCUT2D eigenvalue weighted by molar-refractivity contribution is 9.10. The molecule has 7 heteroatoms. The number of nitrogens with two attached hydrogens (primary N) is 1. The molecule has 1 amide bonds. The van der Waals surface area contributed by atoms with Gasteiger partial charge in [0.25, 0.3) is 5.91 Å². The molecule has 0 aliphatic carbocycles. The number of hydrogen-bond donors (Lipinski definition) is 2. The van der Waals surface area contributed by atoms with E-state index in [2.05, 4.69) is 21.2 Å². The molecule has 0 saturated heterocycles. The highest BCUT2D eigenvalue weighted by atomic mass is 79.9. The smallest absolute Gasteiger partial charge is 0.257 e. The van der Waals surface area contributed by atoms with Gasteiger partial charge in [-0.3, -0.25) is 4.79 Å². The highest BCUT2D eigenvalue weighted by Crippen LogP contribution is 2.31. The molecule has 0 unspecified atom stereocenters. The number of nitrogens with one attached hydrogen (secondary N) is 1. The number of rotatable bonds is 2. The molecule has 2 aromatic carbocycles. The number of hydrogen-bond acceptors (Lipinski definition) is 2.